The summed E-state index contributed by atoms with van der Waals surface area (Å²) in [5, 5.41) is 5.27. The molecule has 15 heavy (non-hydrogen) atoms. The van der Waals surface area contributed by atoms with Crippen LogP contribution in [0.15, 0.2) is 0 Å². The van der Waals surface area contributed by atoms with Crippen LogP contribution in [0, 0.1) is 0 Å². The second kappa shape index (κ2) is 5.44. The van der Waals surface area contributed by atoms with E-state index < -0.39 is 0 Å². The summed E-state index contributed by atoms with van der Waals surface area (Å²) in [6.07, 6.45) is 2.91. The average molecular weight is 213 g/mol. The predicted molar refractivity (Wildman–Crippen MR) is 56.2 cm³/mol. The number of nitrogens with zero attached hydrogens (tertiary/aromatic N) is 1. The lowest BCUT2D eigenvalue weighted by molar-refractivity contribution is -0.128. The van der Waals surface area contributed by atoms with Gasteiger partial charge in [0.25, 0.3) is 0 Å². The summed E-state index contributed by atoms with van der Waals surface area (Å²) in [6.45, 7) is 4.06. The van der Waals surface area contributed by atoms with Crippen LogP contribution in [0.5, 0.6) is 0 Å². The van der Waals surface area contributed by atoms with Crippen molar-refractivity contribution in [1.29, 1.82) is 0 Å². The fourth-order valence-corrected chi connectivity index (χ4v) is 2.05. The highest BCUT2D eigenvalue weighted by atomic mass is 16.5. The van der Waals surface area contributed by atoms with Crippen LogP contribution >= 0.6 is 0 Å². The van der Waals surface area contributed by atoms with Crippen molar-refractivity contribution in [1.82, 2.24) is 15.8 Å². The van der Waals surface area contributed by atoms with Crippen LogP contribution in [0.4, 0.5) is 0 Å². The normalized spacial score (nSPS) is 27.9. The minimum absolute atomic E-state index is 0.122. The third-order valence-electron chi connectivity index (χ3n) is 2.89. The Hall–Kier alpha value is -0.650. The van der Waals surface area contributed by atoms with Crippen molar-refractivity contribution in [2.75, 3.05) is 32.8 Å². The van der Waals surface area contributed by atoms with Gasteiger partial charge < -0.3 is 10.1 Å². The molecule has 1 atom stereocenters. The van der Waals surface area contributed by atoms with Crippen molar-refractivity contribution in [2.45, 2.75) is 25.3 Å². The van der Waals surface area contributed by atoms with Crippen LogP contribution in [0.25, 0.3) is 0 Å². The molecule has 2 N–H and O–H groups in total. The Labute approximate surface area is 90.1 Å². The summed E-state index contributed by atoms with van der Waals surface area (Å²) in [6, 6.07) is 0.381. The first kappa shape index (κ1) is 10.9. The first-order valence-electron chi connectivity index (χ1n) is 5.70. The molecule has 0 radical (unpaired) electrons. The van der Waals surface area contributed by atoms with E-state index in [2.05, 4.69) is 10.7 Å². The zero-order valence-electron chi connectivity index (χ0n) is 9.00. The summed E-state index contributed by atoms with van der Waals surface area (Å²) in [4.78, 5) is 11.6. The molecule has 0 aromatic heterocycles. The molecule has 0 aromatic carbocycles. The molecule has 2 heterocycles. The van der Waals surface area contributed by atoms with Crippen molar-refractivity contribution < 1.29 is 9.53 Å². The molecule has 2 fully saturated rings. The number of morpholine rings is 1. The molecular formula is C10H19N3O2. The Bertz CT molecular complexity index is 211. The molecule has 0 bridgehead atoms. The van der Waals surface area contributed by atoms with E-state index in [9.17, 15) is 4.79 Å². The molecule has 5 heteroatoms. The number of hydrogen-bond donors (Lipinski definition) is 2. The molecule has 0 aliphatic carbocycles. The highest BCUT2D eigenvalue weighted by Crippen LogP contribution is 2.08. The maximum absolute atomic E-state index is 11.6. The molecule has 2 rings (SSSR count). The zero-order valence-corrected chi connectivity index (χ0v) is 9.00. The number of rotatable bonds is 3. The summed E-state index contributed by atoms with van der Waals surface area (Å²) in [7, 11) is 0. The summed E-state index contributed by atoms with van der Waals surface area (Å²) in [5.74, 6) is 0.122. The van der Waals surface area contributed by atoms with Gasteiger partial charge in [0.15, 0.2) is 0 Å². The van der Waals surface area contributed by atoms with E-state index >= 15 is 0 Å². The molecule has 1 amide bonds. The van der Waals surface area contributed by atoms with Crippen LogP contribution in [0.2, 0.25) is 0 Å². The smallest absolute Gasteiger partial charge is 0.235 e. The minimum atomic E-state index is 0.122. The van der Waals surface area contributed by atoms with E-state index in [4.69, 9.17) is 4.74 Å². The van der Waals surface area contributed by atoms with Crippen molar-refractivity contribution in [3.8, 4) is 0 Å². The fourth-order valence-electron chi connectivity index (χ4n) is 2.05. The highest BCUT2D eigenvalue weighted by Gasteiger charge is 2.19. The lowest BCUT2D eigenvalue weighted by Gasteiger charge is -2.27. The summed E-state index contributed by atoms with van der Waals surface area (Å²) in [5.41, 5.74) is 2.92. The zero-order chi connectivity index (χ0) is 10.5. The maximum Gasteiger partial charge on any atom is 0.235 e. The quantitative estimate of drug-likeness (QED) is 0.663. The van der Waals surface area contributed by atoms with E-state index in [1.165, 1.54) is 6.42 Å². The van der Waals surface area contributed by atoms with Crippen LogP contribution in [0.3, 0.4) is 0 Å². The van der Waals surface area contributed by atoms with E-state index in [-0.39, 0.29) is 5.91 Å². The first-order valence-corrected chi connectivity index (χ1v) is 5.70. The van der Waals surface area contributed by atoms with E-state index in [0.717, 1.165) is 26.1 Å². The number of hydrazine groups is 1. The van der Waals surface area contributed by atoms with Gasteiger partial charge in [0, 0.05) is 25.6 Å². The maximum atomic E-state index is 11.6. The van der Waals surface area contributed by atoms with Gasteiger partial charge in [0.05, 0.1) is 13.2 Å². The van der Waals surface area contributed by atoms with E-state index in [1.54, 1.807) is 0 Å². The van der Waals surface area contributed by atoms with E-state index in [0.29, 0.717) is 25.7 Å². The van der Waals surface area contributed by atoms with Crippen molar-refractivity contribution in [3.63, 3.8) is 0 Å². The third-order valence-corrected chi connectivity index (χ3v) is 2.89. The molecule has 0 saturated carbocycles. The largest absolute Gasteiger partial charge is 0.379 e. The summed E-state index contributed by atoms with van der Waals surface area (Å²) < 4.78 is 5.21. The van der Waals surface area contributed by atoms with Crippen LogP contribution in [-0.4, -0.2) is 49.8 Å². The molecule has 0 spiro atoms. The number of ether oxygens (including phenoxy) is 1. The Morgan fingerprint density at radius 1 is 1.47 bits per heavy atom. The van der Waals surface area contributed by atoms with Crippen LogP contribution in [0.1, 0.15) is 19.3 Å². The minimum Gasteiger partial charge on any atom is -0.379 e. The number of amides is 1. The van der Waals surface area contributed by atoms with Gasteiger partial charge in [-0.2, -0.15) is 0 Å². The second-order valence-electron chi connectivity index (χ2n) is 4.13. The highest BCUT2D eigenvalue weighted by molar-refractivity contribution is 5.76. The van der Waals surface area contributed by atoms with Gasteiger partial charge in [0.1, 0.15) is 0 Å². The standard InChI is InChI=1S/C10H19N3O2/c14-10(8-9-2-1-3-11-9)12-13-4-6-15-7-5-13/h9,11H,1-8H2,(H,12,14). The van der Waals surface area contributed by atoms with Gasteiger partial charge in [-0.25, -0.2) is 5.01 Å². The summed E-state index contributed by atoms with van der Waals surface area (Å²) >= 11 is 0. The Morgan fingerprint density at radius 3 is 2.93 bits per heavy atom. The number of nitrogens with one attached hydrogen (secondary N) is 2. The van der Waals surface area contributed by atoms with Gasteiger partial charge in [-0.05, 0) is 19.4 Å². The monoisotopic (exact) mass is 213 g/mol. The molecule has 0 aromatic rings. The predicted octanol–water partition coefficient (Wildman–Crippen LogP) is -0.508. The van der Waals surface area contributed by atoms with Crippen molar-refractivity contribution >= 4 is 5.91 Å². The Morgan fingerprint density at radius 2 is 2.27 bits per heavy atom. The molecule has 2 aliphatic rings. The third kappa shape index (κ3) is 3.44. The topological polar surface area (TPSA) is 53.6 Å². The Kier molecular flexibility index (Phi) is 3.94. The second-order valence-corrected chi connectivity index (χ2v) is 4.13. The lowest BCUT2D eigenvalue weighted by atomic mass is 10.1. The number of carbonyl (C=O) groups is 1. The van der Waals surface area contributed by atoms with Gasteiger partial charge >= 0.3 is 0 Å². The first-order chi connectivity index (χ1) is 7.34. The van der Waals surface area contributed by atoms with E-state index in [1.807, 2.05) is 5.01 Å². The van der Waals surface area contributed by atoms with Crippen molar-refractivity contribution in [3.05, 3.63) is 0 Å². The van der Waals surface area contributed by atoms with Gasteiger partial charge in [-0.3, -0.25) is 10.2 Å². The molecule has 1 unspecified atom stereocenters. The van der Waals surface area contributed by atoms with Gasteiger partial charge in [0.2, 0.25) is 5.91 Å². The molecule has 2 saturated heterocycles. The SMILES string of the molecule is O=C(CC1CCCN1)NN1CCOCC1. The molecule has 86 valence electrons. The van der Waals surface area contributed by atoms with Crippen LogP contribution < -0.4 is 10.7 Å². The fraction of sp³-hybridized carbons (Fsp3) is 0.900. The Balaban J connectivity index is 1.66. The van der Waals surface area contributed by atoms with Gasteiger partial charge in [-0.15, -0.1) is 0 Å². The molecular weight excluding hydrogens is 194 g/mol. The van der Waals surface area contributed by atoms with Gasteiger partial charge in [-0.1, -0.05) is 0 Å². The van der Waals surface area contributed by atoms with Crippen LogP contribution in [-0.2, 0) is 9.53 Å². The average Bonchev–Trinajstić information content (AvgIpc) is 2.71. The molecule has 5 nitrogen and oxygen atoms in total. The van der Waals surface area contributed by atoms with Crippen molar-refractivity contribution in [2.24, 2.45) is 0 Å². The number of hydrogen-bond acceptors (Lipinski definition) is 4. The number of carbonyl (C=O) groups excluding carboxylic acids is 1. The lowest BCUT2D eigenvalue weighted by Crippen LogP contribution is -2.49. The molecule has 2 aliphatic heterocycles.